The summed E-state index contributed by atoms with van der Waals surface area (Å²) in [5, 5.41) is 0.761. The molecule has 0 unspecified atom stereocenters. The first-order valence-electron chi connectivity index (χ1n) is 6.91. The average molecular weight is 292 g/mol. The Bertz CT molecular complexity index is 710. The Labute approximate surface area is 121 Å². The summed E-state index contributed by atoms with van der Waals surface area (Å²) in [6, 6.07) is 0. The maximum atomic E-state index is 12.2. The van der Waals surface area contributed by atoms with Crippen LogP contribution in [0, 0.1) is 11.3 Å². The Morgan fingerprint density at radius 2 is 2.20 bits per heavy atom. The van der Waals surface area contributed by atoms with E-state index in [4.69, 9.17) is 5.84 Å². The lowest BCUT2D eigenvalue weighted by Gasteiger charge is -2.33. The summed E-state index contributed by atoms with van der Waals surface area (Å²) < 4.78 is 0. The quantitative estimate of drug-likeness (QED) is 0.557. The third-order valence-electron chi connectivity index (χ3n) is 4.28. The van der Waals surface area contributed by atoms with Crippen LogP contribution in [0.1, 0.15) is 37.6 Å². The maximum absolute atomic E-state index is 12.2. The standard InChI is InChI=1S/C14H20N4OS/c1-14(2,3)7-4-5-8-9(6-7)20-12-10(8)11(19)16-13(17-12)18-15/h7H,4-6,15H2,1-3H3,(H2,16,17,18,19)/t7-/m1/s1. The van der Waals surface area contributed by atoms with Crippen LogP contribution in [-0.4, -0.2) is 9.97 Å². The van der Waals surface area contributed by atoms with Gasteiger partial charge in [-0.3, -0.25) is 15.2 Å². The molecule has 6 heteroatoms. The van der Waals surface area contributed by atoms with Crippen molar-refractivity contribution in [3.63, 3.8) is 0 Å². The van der Waals surface area contributed by atoms with Crippen LogP contribution < -0.4 is 16.8 Å². The topological polar surface area (TPSA) is 83.8 Å². The van der Waals surface area contributed by atoms with Gasteiger partial charge < -0.3 is 0 Å². The molecule has 108 valence electrons. The van der Waals surface area contributed by atoms with E-state index in [1.54, 1.807) is 11.3 Å². The zero-order valence-corrected chi connectivity index (χ0v) is 12.9. The first-order chi connectivity index (χ1) is 9.40. The summed E-state index contributed by atoms with van der Waals surface area (Å²) in [5.41, 5.74) is 3.83. The molecule has 20 heavy (non-hydrogen) atoms. The van der Waals surface area contributed by atoms with Crippen LogP contribution in [0.2, 0.25) is 0 Å². The fourth-order valence-corrected chi connectivity index (χ4v) is 4.29. The van der Waals surface area contributed by atoms with E-state index in [9.17, 15) is 4.79 Å². The van der Waals surface area contributed by atoms with Gasteiger partial charge in [0.05, 0.1) is 5.39 Å². The normalized spacial score (nSPS) is 19.1. The number of aryl methyl sites for hydroxylation is 1. The highest BCUT2D eigenvalue weighted by Gasteiger charge is 2.31. The van der Waals surface area contributed by atoms with E-state index < -0.39 is 0 Å². The van der Waals surface area contributed by atoms with E-state index in [0.717, 1.165) is 29.5 Å². The molecule has 1 aliphatic rings. The largest absolute Gasteiger partial charge is 0.294 e. The lowest BCUT2D eigenvalue weighted by molar-refractivity contribution is 0.218. The van der Waals surface area contributed by atoms with Gasteiger partial charge >= 0.3 is 0 Å². The number of nitrogen functional groups attached to an aromatic ring is 1. The lowest BCUT2D eigenvalue weighted by atomic mass is 9.72. The predicted molar refractivity (Wildman–Crippen MR) is 83.0 cm³/mol. The molecule has 5 nitrogen and oxygen atoms in total. The Kier molecular flexibility index (Phi) is 3.10. The van der Waals surface area contributed by atoms with E-state index in [-0.39, 0.29) is 5.56 Å². The third-order valence-corrected chi connectivity index (χ3v) is 5.43. The lowest BCUT2D eigenvalue weighted by Crippen LogP contribution is -2.26. The first kappa shape index (κ1) is 13.6. The van der Waals surface area contributed by atoms with Crippen LogP contribution in [-0.2, 0) is 12.8 Å². The number of hydrogen-bond donors (Lipinski definition) is 3. The number of aromatic amines is 1. The van der Waals surface area contributed by atoms with Crippen LogP contribution in [0.3, 0.4) is 0 Å². The number of aromatic nitrogens is 2. The summed E-state index contributed by atoms with van der Waals surface area (Å²) >= 11 is 1.64. The zero-order valence-electron chi connectivity index (χ0n) is 12.0. The molecule has 0 radical (unpaired) electrons. The summed E-state index contributed by atoms with van der Waals surface area (Å²) in [5.74, 6) is 6.32. The van der Waals surface area contributed by atoms with Crippen LogP contribution in [0.4, 0.5) is 5.95 Å². The molecule has 0 saturated carbocycles. The van der Waals surface area contributed by atoms with Crippen LogP contribution >= 0.6 is 11.3 Å². The molecule has 1 aliphatic carbocycles. The number of nitrogens with two attached hydrogens (primary N) is 1. The fourth-order valence-electron chi connectivity index (χ4n) is 2.99. The van der Waals surface area contributed by atoms with Crippen LogP contribution in [0.25, 0.3) is 10.2 Å². The van der Waals surface area contributed by atoms with Crippen molar-refractivity contribution in [1.82, 2.24) is 9.97 Å². The summed E-state index contributed by atoms with van der Waals surface area (Å²) in [4.78, 5) is 21.4. The molecule has 0 saturated heterocycles. The molecule has 0 aliphatic heterocycles. The minimum Gasteiger partial charge on any atom is -0.294 e. The van der Waals surface area contributed by atoms with E-state index in [1.165, 1.54) is 10.4 Å². The molecule has 2 aromatic rings. The highest BCUT2D eigenvalue weighted by atomic mass is 32.1. The molecule has 2 aromatic heterocycles. The number of H-pyrrole nitrogens is 1. The Morgan fingerprint density at radius 3 is 2.85 bits per heavy atom. The van der Waals surface area contributed by atoms with Gasteiger partial charge in [0.25, 0.3) is 5.56 Å². The molecule has 4 N–H and O–H groups in total. The highest BCUT2D eigenvalue weighted by molar-refractivity contribution is 7.18. The molecule has 0 aromatic carbocycles. The van der Waals surface area contributed by atoms with Crippen molar-refractivity contribution in [3.8, 4) is 0 Å². The number of hydrogen-bond acceptors (Lipinski definition) is 5. The third kappa shape index (κ3) is 2.13. The van der Waals surface area contributed by atoms with Crippen molar-refractivity contribution in [2.24, 2.45) is 17.2 Å². The minimum atomic E-state index is -0.0883. The monoisotopic (exact) mass is 292 g/mol. The molecule has 0 bridgehead atoms. The average Bonchev–Trinajstić information content (AvgIpc) is 2.74. The van der Waals surface area contributed by atoms with Crippen molar-refractivity contribution in [3.05, 3.63) is 20.8 Å². The van der Waals surface area contributed by atoms with Crippen LogP contribution in [0.5, 0.6) is 0 Å². The van der Waals surface area contributed by atoms with Gasteiger partial charge in [0.1, 0.15) is 4.83 Å². The van der Waals surface area contributed by atoms with Crippen molar-refractivity contribution in [2.75, 3.05) is 5.43 Å². The smallest absolute Gasteiger partial charge is 0.261 e. The molecule has 2 heterocycles. The van der Waals surface area contributed by atoms with Crippen molar-refractivity contribution in [2.45, 2.75) is 40.0 Å². The van der Waals surface area contributed by atoms with Gasteiger partial charge in [-0.2, -0.15) is 0 Å². The maximum Gasteiger partial charge on any atom is 0.261 e. The van der Waals surface area contributed by atoms with Gasteiger partial charge in [-0.15, -0.1) is 11.3 Å². The fraction of sp³-hybridized carbons (Fsp3) is 0.571. The number of rotatable bonds is 1. The summed E-state index contributed by atoms with van der Waals surface area (Å²) in [7, 11) is 0. The Hall–Kier alpha value is -1.40. The second-order valence-corrected chi connectivity index (χ2v) is 7.63. The Balaban J connectivity index is 2.11. The van der Waals surface area contributed by atoms with E-state index in [0.29, 0.717) is 17.3 Å². The Morgan fingerprint density at radius 1 is 1.45 bits per heavy atom. The van der Waals surface area contributed by atoms with E-state index in [2.05, 4.69) is 36.2 Å². The van der Waals surface area contributed by atoms with E-state index in [1.807, 2.05) is 0 Å². The molecule has 3 rings (SSSR count). The number of thiophene rings is 1. The van der Waals surface area contributed by atoms with Gasteiger partial charge in [-0.05, 0) is 36.2 Å². The van der Waals surface area contributed by atoms with Crippen molar-refractivity contribution < 1.29 is 0 Å². The van der Waals surface area contributed by atoms with E-state index >= 15 is 0 Å². The number of nitrogens with zero attached hydrogens (tertiary/aromatic N) is 1. The number of hydrazine groups is 1. The number of nitrogens with one attached hydrogen (secondary N) is 2. The van der Waals surface area contributed by atoms with Gasteiger partial charge in [0.2, 0.25) is 5.95 Å². The predicted octanol–water partition coefficient (Wildman–Crippen LogP) is 2.42. The number of anilines is 1. The van der Waals surface area contributed by atoms with Crippen LogP contribution in [0.15, 0.2) is 4.79 Å². The van der Waals surface area contributed by atoms with Gasteiger partial charge in [0, 0.05) is 4.88 Å². The van der Waals surface area contributed by atoms with Gasteiger partial charge in [-0.1, -0.05) is 20.8 Å². The van der Waals surface area contributed by atoms with Crippen molar-refractivity contribution >= 4 is 27.5 Å². The number of fused-ring (bicyclic) bond motifs is 3. The minimum absolute atomic E-state index is 0.0883. The highest BCUT2D eigenvalue weighted by Crippen LogP contribution is 2.41. The molecule has 1 atom stereocenters. The molecular weight excluding hydrogens is 272 g/mol. The SMILES string of the molecule is CC(C)(C)[C@@H]1CCc2c(sc3nc(NN)[nH]c(=O)c23)C1. The molecule has 0 fully saturated rings. The van der Waals surface area contributed by atoms with Crippen molar-refractivity contribution in [1.29, 1.82) is 0 Å². The summed E-state index contributed by atoms with van der Waals surface area (Å²) in [6.45, 7) is 6.87. The second kappa shape index (κ2) is 4.56. The van der Waals surface area contributed by atoms with Gasteiger partial charge in [0.15, 0.2) is 0 Å². The summed E-state index contributed by atoms with van der Waals surface area (Å²) in [6.07, 6.45) is 3.15. The van der Waals surface area contributed by atoms with Gasteiger partial charge in [-0.25, -0.2) is 10.8 Å². The first-order valence-corrected chi connectivity index (χ1v) is 7.73. The molecule has 0 amide bonds. The molecular formula is C14H20N4OS. The molecule has 0 spiro atoms. The second-order valence-electron chi connectivity index (χ2n) is 6.55. The zero-order chi connectivity index (χ0) is 14.5.